The van der Waals surface area contributed by atoms with E-state index in [9.17, 15) is 14.0 Å². The first-order valence-corrected chi connectivity index (χ1v) is 6.95. The molecule has 1 heterocycles. The molecule has 0 aliphatic carbocycles. The summed E-state index contributed by atoms with van der Waals surface area (Å²) in [5.41, 5.74) is 0.678. The van der Waals surface area contributed by atoms with Crippen LogP contribution >= 0.6 is 11.6 Å². The molecule has 1 aliphatic heterocycles. The summed E-state index contributed by atoms with van der Waals surface area (Å²) in [7, 11) is 0. The zero-order chi connectivity index (χ0) is 15.6. The highest BCUT2D eigenvalue weighted by Gasteiger charge is 2.36. The van der Waals surface area contributed by atoms with E-state index >= 15 is 0 Å². The number of nitrogens with one attached hydrogen (secondary N) is 1. The number of carbonyl (C=O) groups excluding carboxylic acids is 1. The smallest absolute Gasteiger partial charge is 0.317 e. The topological polar surface area (TPSA) is 69.6 Å². The largest absolute Gasteiger partial charge is 0.481 e. The van der Waals surface area contributed by atoms with Gasteiger partial charge in [-0.25, -0.2) is 9.18 Å². The van der Waals surface area contributed by atoms with E-state index in [0.717, 1.165) is 0 Å². The fraction of sp³-hybridized carbons (Fsp3) is 0.429. The second-order valence-corrected chi connectivity index (χ2v) is 5.64. The highest BCUT2D eigenvalue weighted by atomic mass is 35.5. The van der Waals surface area contributed by atoms with Crippen molar-refractivity contribution in [3.8, 4) is 0 Å². The Labute approximate surface area is 126 Å². The molecular formula is C14H16ClFN2O3. The summed E-state index contributed by atoms with van der Waals surface area (Å²) >= 11 is 5.67. The van der Waals surface area contributed by atoms with Gasteiger partial charge in [0.05, 0.1) is 10.9 Å². The molecule has 7 heteroatoms. The maximum atomic E-state index is 13.0. The highest BCUT2D eigenvalue weighted by Crippen LogP contribution is 2.23. The van der Waals surface area contributed by atoms with Gasteiger partial charge in [-0.2, -0.15) is 0 Å². The van der Waals surface area contributed by atoms with Crippen molar-refractivity contribution in [1.82, 2.24) is 10.2 Å². The molecule has 1 aromatic carbocycles. The van der Waals surface area contributed by atoms with Crippen molar-refractivity contribution in [2.24, 2.45) is 11.8 Å². The Kier molecular flexibility index (Phi) is 4.67. The molecule has 0 aromatic heterocycles. The molecule has 2 atom stereocenters. The molecule has 2 N–H and O–H groups in total. The van der Waals surface area contributed by atoms with Gasteiger partial charge in [0.25, 0.3) is 0 Å². The lowest BCUT2D eigenvalue weighted by atomic mass is 9.99. The molecule has 114 valence electrons. The van der Waals surface area contributed by atoms with E-state index in [1.807, 2.05) is 6.92 Å². The molecular weight excluding hydrogens is 299 g/mol. The number of amides is 2. The van der Waals surface area contributed by atoms with Crippen molar-refractivity contribution >= 4 is 23.6 Å². The molecule has 0 saturated carbocycles. The molecule has 1 fully saturated rings. The van der Waals surface area contributed by atoms with E-state index in [-0.39, 0.29) is 30.1 Å². The second kappa shape index (κ2) is 6.30. The van der Waals surface area contributed by atoms with Crippen LogP contribution in [0.3, 0.4) is 0 Å². The molecule has 2 amide bonds. The van der Waals surface area contributed by atoms with Gasteiger partial charge < -0.3 is 15.3 Å². The molecule has 0 spiro atoms. The average Bonchev–Trinajstić information content (AvgIpc) is 2.82. The van der Waals surface area contributed by atoms with Gasteiger partial charge in [0.2, 0.25) is 0 Å². The van der Waals surface area contributed by atoms with Crippen LogP contribution in [0.25, 0.3) is 0 Å². The van der Waals surface area contributed by atoms with E-state index in [2.05, 4.69) is 5.32 Å². The number of carbonyl (C=O) groups is 2. The average molecular weight is 315 g/mol. The van der Waals surface area contributed by atoms with Crippen molar-refractivity contribution in [3.63, 3.8) is 0 Å². The highest BCUT2D eigenvalue weighted by molar-refractivity contribution is 6.30. The van der Waals surface area contributed by atoms with Crippen LogP contribution in [-0.2, 0) is 11.3 Å². The third kappa shape index (κ3) is 3.64. The first-order chi connectivity index (χ1) is 9.88. The molecule has 0 bridgehead atoms. The number of carboxylic acid groups (broad SMARTS) is 1. The van der Waals surface area contributed by atoms with Crippen molar-refractivity contribution < 1.29 is 19.1 Å². The predicted molar refractivity (Wildman–Crippen MR) is 75.5 cm³/mol. The Morgan fingerprint density at radius 1 is 1.48 bits per heavy atom. The van der Waals surface area contributed by atoms with Gasteiger partial charge in [0, 0.05) is 19.6 Å². The summed E-state index contributed by atoms with van der Waals surface area (Å²) in [6.07, 6.45) is 0. The molecule has 21 heavy (non-hydrogen) atoms. The Balaban J connectivity index is 1.90. The van der Waals surface area contributed by atoms with Crippen LogP contribution < -0.4 is 5.32 Å². The molecule has 1 aliphatic rings. The molecule has 0 radical (unpaired) electrons. The first kappa shape index (κ1) is 15.6. The maximum Gasteiger partial charge on any atom is 0.317 e. The summed E-state index contributed by atoms with van der Waals surface area (Å²) in [6, 6.07) is 3.89. The lowest BCUT2D eigenvalue weighted by molar-refractivity contribution is -0.142. The van der Waals surface area contributed by atoms with E-state index in [1.54, 1.807) is 0 Å². The summed E-state index contributed by atoms with van der Waals surface area (Å²) in [5, 5.41) is 11.7. The molecule has 2 rings (SSSR count). The van der Waals surface area contributed by atoms with Crippen LogP contribution in [0, 0.1) is 17.7 Å². The second-order valence-electron chi connectivity index (χ2n) is 5.23. The number of benzene rings is 1. The van der Waals surface area contributed by atoms with Crippen LogP contribution in [0.5, 0.6) is 0 Å². The van der Waals surface area contributed by atoms with Crippen LogP contribution in [-0.4, -0.2) is 35.1 Å². The van der Waals surface area contributed by atoms with Crippen LogP contribution in [0.1, 0.15) is 12.5 Å². The van der Waals surface area contributed by atoms with Gasteiger partial charge in [-0.1, -0.05) is 24.6 Å². The van der Waals surface area contributed by atoms with Crippen LogP contribution in [0.4, 0.5) is 9.18 Å². The third-order valence-electron chi connectivity index (χ3n) is 3.64. The van der Waals surface area contributed by atoms with E-state index in [1.165, 1.54) is 23.1 Å². The Morgan fingerprint density at radius 3 is 2.76 bits per heavy atom. The fourth-order valence-electron chi connectivity index (χ4n) is 2.39. The van der Waals surface area contributed by atoms with Crippen molar-refractivity contribution in [3.05, 3.63) is 34.6 Å². The van der Waals surface area contributed by atoms with Crippen molar-refractivity contribution in [2.75, 3.05) is 13.1 Å². The minimum Gasteiger partial charge on any atom is -0.481 e. The minimum absolute atomic E-state index is 0.00230. The molecule has 5 nitrogen and oxygen atoms in total. The number of carboxylic acids is 1. The standard InChI is InChI=1S/C14H16ClFN2O3/c1-8-6-18(7-10(8)13(19)20)14(21)17-5-9-2-3-12(16)11(15)4-9/h2-4,8,10H,5-7H2,1H3,(H,17,21)(H,19,20). The quantitative estimate of drug-likeness (QED) is 0.899. The monoisotopic (exact) mass is 314 g/mol. The van der Waals surface area contributed by atoms with Crippen molar-refractivity contribution in [1.29, 1.82) is 0 Å². The number of halogens is 2. The van der Waals surface area contributed by atoms with E-state index < -0.39 is 17.7 Å². The number of hydrogen-bond donors (Lipinski definition) is 2. The third-order valence-corrected chi connectivity index (χ3v) is 3.93. The zero-order valence-corrected chi connectivity index (χ0v) is 12.2. The number of likely N-dealkylation sites (tertiary alicyclic amines) is 1. The number of rotatable bonds is 3. The fourth-order valence-corrected chi connectivity index (χ4v) is 2.60. The Morgan fingerprint density at radius 2 is 2.19 bits per heavy atom. The van der Waals surface area contributed by atoms with Crippen LogP contribution in [0.15, 0.2) is 18.2 Å². The number of nitrogens with zero attached hydrogens (tertiary/aromatic N) is 1. The Hall–Kier alpha value is -1.82. The van der Waals surface area contributed by atoms with E-state index in [0.29, 0.717) is 12.1 Å². The summed E-state index contributed by atoms with van der Waals surface area (Å²) in [4.78, 5) is 24.5. The molecule has 1 saturated heterocycles. The Bertz CT molecular complexity index is 567. The lowest BCUT2D eigenvalue weighted by Gasteiger charge is -2.17. The van der Waals surface area contributed by atoms with Crippen LogP contribution in [0.2, 0.25) is 5.02 Å². The number of hydrogen-bond acceptors (Lipinski definition) is 2. The van der Waals surface area contributed by atoms with Gasteiger partial charge in [-0.05, 0) is 23.6 Å². The number of urea groups is 1. The summed E-state index contributed by atoms with van der Waals surface area (Å²) in [5.74, 6) is -2.00. The SMILES string of the molecule is CC1CN(C(=O)NCc2ccc(F)c(Cl)c2)CC1C(=O)O. The zero-order valence-electron chi connectivity index (χ0n) is 11.5. The maximum absolute atomic E-state index is 13.0. The first-order valence-electron chi connectivity index (χ1n) is 6.58. The molecule has 2 unspecified atom stereocenters. The van der Waals surface area contributed by atoms with E-state index in [4.69, 9.17) is 16.7 Å². The summed E-state index contributed by atoms with van der Waals surface area (Å²) < 4.78 is 13.0. The molecule has 1 aromatic rings. The number of aliphatic carboxylic acids is 1. The predicted octanol–water partition coefficient (Wildman–Crippen LogP) is 2.34. The lowest BCUT2D eigenvalue weighted by Crippen LogP contribution is -2.38. The normalized spacial score (nSPS) is 21.4. The minimum atomic E-state index is -0.886. The van der Waals surface area contributed by atoms with Gasteiger partial charge in [-0.15, -0.1) is 0 Å². The van der Waals surface area contributed by atoms with Gasteiger partial charge in [0.1, 0.15) is 5.82 Å². The van der Waals surface area contributed by atoms with Gasteiger partial charge >= 0.3 is 12.0 Å². The summed E-state index contributed by atoms with van der Waals surface area (Å²) in [6.45, 7) is 2.63. The van der Waals surface area contributed by atoms with Gasteiger partial charge in [-0.3, -0.25) is 4.79 Å². The van der Waals surface area contributed by atoms with Gasteiger partial charge in [0.15, 0.2) is 0 Å². The van der Waals surface area contributed by atoms with Crippen molar-refractivity contribution in [2.45, 2.75) is 13.5 Å².